The second-order valence-electron chi connectivity index (χ2n) is 3.63. The van der Waals surface area contributed by atoms with Gasteiger partial charge in [-0.25, -0.2) is 4.98 Å². The van der Waals surface area contributed by atoms with Gasteiger partial charge in [-0.1, -0.05) is 11.6 Å². The van der Waals surface area contributed by atoms with Gasteiger partial charge in [-0.2, -0.15) is 0 Å². The second-order valence-corrected chi connectivity index (χ2v) is 4.02. The van der Waals surface area contributed by atoms with E-state index in [4.69, 9.17) is 11.6 Å². The van der Waals surface area contributed by atoms with E-state index in [0.717, 1.165) is 12.6 Å². The number of aromatic nitrogens is 1. The minimum Gasteiger partial charge on any atom is -0.299 e. The zero-order chi connectivity index (χ0) is 9.26. The van der Waals surface area contributed by atoms with Crippen LogP contribution in [0.1, 0.15) is 18.4 Å². The minimum atomic E-state index is 0.585. The molecule has 13 heavy (non-hydrogen) atoms. The minimum absolute atomic E-state index is 0.585. The van der Waals surface area contributed by atoms with Gasteiger partial charge < -0.3 is 0 Å². The summed E-state index contributed by atoms with van der Waals surface area (Å²) < 4.78 is 0. The number of pyridine rings is 1. The van der Waals surface area contributed by atoms with Crippen LogP contribution in [-0.2, 0) is 6.54 Å². The molecule has 1 heterocycles. The summed E-state index contributed by atoms with van der Waals surface area (Å²) >= 11 is 5.79. The molecule has 0 N–H and O–H groups in total. The van der Waals surface area contributed by atoms with Crippen molar-refractivity contribution < 1.29 is 0 Å². The van der Waals surface area contributed by atoms with Crippen molar-refractivity contribution >= 4 is 11.6 Å². The molecule has 0 radical (unpaired) electrons. The monoisotopic (exact) mass is 196 g/mol. The Morgan fingerprint density at radius 1 is 1.62 bits per heavy atom. The van der Waals surface area contributed by atoms with E-state index in [1.807, 2.05) is 12.1 Å². The van der Waals surface area contributed by atoms with Crippen molar-refractivity contribution in [2.75, 3.05) is 7.05 Å². The molecule has 1 aliphatic carbocycles. The summed E-state index contributed by atoms with van der Waals surface area (Å²) in [6.45, 7) is 0.979. The number of hydrogen-bond donors (Lipinski definition) is 0. The first kappa shape index (κ1) is 8.97. The van der Waals surface area contributed by atoms with E-state index in [0.29, 0.717) is 5.15 Å². The van der Waals surface area contributed by atoms with Crippen molar-refractivity contribution in [2.45, 2.75) is 25.4 Å². The highest BCUT2D eigenvalue weighted by Gasteiger charge is 2.25. The van der Waals surface area contributed by atoms with Crippen molar-refractivity contribution in [3.05, 3.63) is 29.0 Å². The fourth-order valence-corrected chi connectivity index (χ4v) is 1.67. The molecule has 0 bridgehead atoms. The van der Waals surface area contributed by atoms with Gasteiger partial charge in [0.05, 0.1) is 0 Å². The molecule has 0 aromatic carbocycles. The van der Waals surface area contributed by atoms with E-state index in [2.05, 4.69) is 16.9 Å². The lowest BCUT2D eigenvalue weighted by molar-refractivity contribution is 0.316. The van der Waals surface area contributed by atoms with Crippen LogP contribution >= 0.6 is 11.6 Å². The Morgan fingerprint density at radius 3 is 3.00 bits per heavy atom. The van der Waals surface area contributed by atoms with Crippen molar-refractivity contribution in [3.63, 3.8) is 0 Å². The van der Waals surface area contributed by atoms with Gasteiger partial charge in [-0.3, -0.25) is 4.90 Å². The first-order valence-electron chi connectivity index (χ1n) is 4.56. The standard InChI is InChI=1S/C10H13ClN2/c1-13(9-2-3-9)7-8-4-5-12-10(11)6-8/h4-6,9H,2-3,7H2,1H3. The van der Waals surface area contributed by atoms with Crippen LogP contribution in [-0.4, -0.2) is 23.0 Å². The molecule has 0 spiro atoms. The highest BCUT2D eigenvalue weighted by atomic mass is 35.5. The van der Waals surface area contributed by atoms with Crippen LogP contribution in [0.2, 0.25) is 5.15 Å². The Bertz CT molecular complexity index is 297. The molecular formula is C10H13ClN2. The quantitative estimate of drug-likeness (QED) is 0.690. The fraction of sp³-hybridized carbons (Fsp3) is 0.500. The predicted octanol–water partition coefficient (Wildman–Crippen LogP) is 2.33. The third kappa shape index (κ3) is 2.42. The van der Waals surface area contributed by atoms with E-state index >= 15 is 0 Å². The molecular weight excluding hydrogens is 184 g/mol. The zero-order valence-corrected chi connectivity index (χ0v) is 8.46. The molecule has 0 saturated heterocycles. The summed E-state index contributed by atoms with van der Waals surface area (Å²) in [7, 11) is 2.16. The zero-order valence-electron chi connectivity index (χ0n) is 7.70. The summed E-state index contributed by atoms with van der Waals surface area (Å²) in [5.74, 6) is 0. The highest BCUT2D eigenvalue weighted by molar-refractivity contribution is 6.29. The molecule has 1 saturated carbocycles. The van der Waals surface area contributed by atoms with E-state index in [1.54, 1.807) is 6.20 Å². The second kappa shape index (κ2) is 3.64. The fourth-order valence-electron chi connectivity index (χ4n) is 1.47. The topological polar surface area (TPSA) is 16.1 Å². The van der Waals surface area contributed by atoms with Crippen LogP contribution in [0.5, 0.6) is 0 Å². The van der Waals surface area contributed by atoms with Gasteiger partial charge >= 0.3 is 0 Å². The van der Waals surface area contributed by atoms with Gasteiger partial charge in [0.15, 0.2) is 0 Å². The molecule has 1 aromatic rings. The van der Waals surface area contributed by atoms with E-state index in [9.17, 15) is 0 Å². The smallest absolute Gasteiger partial charge is 0.129 e. The van der Waals surface area contributed by atoms with Gasteiger partial charge in [0.2, 0.25) is 0 Å². The van der Waals surface area contributed by atoms with Crippen molar-refractivity contribution in [1.82, 2.24) is 9.88 Å². The Hall–Kier alpha value is -0.600. The van der Waals surface area contributed by atoms with Gasteiger partial charge in [0, 0.05) is 18.8 Å². The summed E-state index contributed by atoms with van der Waals surface area (Å²) in [4.78, 5) is 6.32. The summed E-state index contributed by atoms with van der Waals surface area (Å²) in [5, 5.41) is 0.585. The molecule has 0 atom stereocenters. The highest BCUT2D eigenvalue weighted by Crippen LogP contribution is 2.26. The Labute approximate surface area is 83.5 Å². The molecule has 1 fully saturated rings. The molecule has 0 unspecified atom stereocenters. The lowest BCUT2D eigenvalue weighted by Gasteiger charge is -2.15. The Morgan fingerprint density at radius 2 is 2.38 bits per heavy atom. The first-order chi connectivity index (χ1) is 6.25. The number of nitrogens with zero attached hydrogens (tertiary/aromatic N) is 2. The largest absolute Gasteiger partial charge is 0.299 e. The summed E-state index contributed by atoms with van der Waals surface area (Å²) in [6.07, 6.45) is 4.45. The van der Waals surface area contributed by atoms with Crippen molar-refractivity contribution in [2.24, 2.45) is 0 Å². The average Bonchev–Trinajstić information content (AvgIpc) is 2.85. The molecule has 0 amide bonds. The third-order valence-electron chi connectivity index (χ3n) is 2.39. The van der Waals surface area contributed by atoms with Crippen LogP contribution in [0.3, 0.4) is 0 Å². The van der Waals surface area contributed by atoms with Gasteiger partial charge in [0.1, 0.15) is 5.15 Å². The van der Waals surface area contributed by atoms with Crippen LogP contribution in [0, 0.1) is 0 Å². The van der Waals surface area contributed by atoms with Gasteiger partial charge in [-0.15, -0.1) is 0 Å². The van der Waals surface area contributed by atoms with E-state index < -0.39 is 0 Å². The third-order valence-corrected chi connectivity index (χ3v) is 2.60. The molecule has 2 nitrogen and oxygen atoms in total. The maximum atomic E-state index is 5.79. The van der Waals surface area contributed by atoms with Gasteiger partial charge in [0.25, 0.3) is 0 Å². The van der Waals surface area contributed by atoms with Crippen molar-refractivity contribution in [1.29, 1.82) is 0 Å². The van der Waals surface area contributed by atoms with Crippen LogP contribution in [0.25, 0.3) is 0 Å². The normalized spacial score (nSPS) is 16.5. The Kier molecular flexibility index (Phi) is 2.51. The maximum Gasteiger partial charge on any atom is 0.129 e. The van der Waals surface area contributed by atoms with E-state index in [1.165, 1.54) is 18.4 Å². The number of hydrogen-bond acceptors (Lipinski definition) is 2. The average molecular weight is 197 g/mol. The van der Waals surface area contributed by atoms with Crippen molar-refractivity contribution in [3.8, 4) is 0 Å². The van der Waals surface area contributed by atoms with Crippen LogP contribution in [0.4, 0.5) is 0 Å². The lowest BCUT2D eigenvalue weighted by Crippen LogP contribution is -2.19. The number of halogens is 1. The molecule has 0 aliphatic heterocycles. The maximum absolute atomic E-state index is 5.79. The van der Waals surface area contributed by atoms with Crippen LogP contribution < -0.4 is 0 Å². The summed E-state index contributed by atoms with van der Waals surface area (Å²) in [5.41, 5.74) is 1.24. The van der Waals surface area contributed by atoms with Gasteiger partial charge in [-0.05, 0) is 37.6 Å². The van der Waals surface area contributed by atoms with Crippen LogP contribution in [0.15, 0.2) is 18.3 Å². The molecule has 2 rings (SSSR count). The lowest BCUT2D eigenvalue weighted by atomic mass is 10.2. The molecule has 1 aromatic heterocycles. The molecule has 3 heteroatoms. The molecule has 70 valence electrons. The SMILES string of the molecule is CN(Cc1ccnc(Cl)c1)C1CC1. The Balaban J connectivity index is 2.00. The van der Waals surface area contributed by atoms with E-state index in [-0.39, 0.29) is 0 Å². The number of rotatable bonds is 3. The predicted molar refractivity (Wildman–Crippen MR) is 53.7 cm³/mol. The first-order valence-corrected chi connectivity index (χ1v) is 4.94. The summed E-state index contributed by atoms with van der Waals surface area (Å²) in [6, 6.07) is 4.75. The molecule has 1 aliphatic rings.